The topological polar surface area (TPSA) is 52.6 Å². The van der Waals surface area contributed by atoms with Crippen LogP contribution in [0.15, 0.2) is 24.3 Å². The highest BCUT2D eigenvalue weighted by Crippen LogP contribution is 2.27. The van der Waals surface area contributed by atoms with Crippen molar-refractivity contribution >= 4 is 20.5 Å². The molecule has 0 aromatic carbocycles. The summed E-state index contributed by atoms with van der Waals surface area (Å²) in [5.41, 5.74) is 0.665. The van der Waals surface area contributed by atoms with Crippen LogP contribution >= 0.6 is 0 Å². The Labute approximate surface area is 142 Å². The van der Waals surface area contributed by atoms with E-state index >= 15 is 0 Å². The minimum absolute atomic E-state index is 0.333. The summed E-state index contributed by atoms with van der Waals surface area (Å²) in [6.45, 7) is 14.7. The molecule has 0 aromatic rings. The summed E-state index contributed by atoms with van der Waals surface area (Å²) in [6.07, 6.45) is 5.95. The third kappa shape index (κ3) is 8.74. The van der Waals surface area contributed by atoms with Gasteiger partial charge >= 0.3 is 20.5 Å². The van der Waals surface area contributed by atoms with E-state index in [-0.39, 0.29) is 0 Å². The lowest BCUT2D eigenvalue weighted by Gasteiger charge is -2.30. The number of hydrogen-bond acceptors (Lipinski definition) is 4. The van der Waals surface area contributed by atoms with Crippen molar-refractivity contribution in [3.8, 4) is 0 Å². The Kier molecular flexibility index (Phi) is 10.6. The van der Waals surface area contributed by atoms with Gasteiger partial charge in [-0.05, 0) is 26.7 Å². The molecule has 5 heteroatoms. The van der Waals surface area contributed by atoms with Gasteiger partial charge in [-0.15, -0.1) is 0 Å². The van der Waals surface area contributed by atoms with Crippen LogP contribution < -0.4 is 0 Å². The first kappa shape index (κ1) is 21.6. The highest BCUT2D eigenvalue weighted by molar-refractivity contribution is 6.70. The van der Waals surface area contributed by atoms with Crippen LogP contribution in [0.4, 0.5) is 0 Å². The van der Waals surface area contributed by atoms with Gasteiger partial charge in [0, 0.05) is 23.2 Å². The van der Waals surface area contributed by atoms with E-state index in [0.717, 1.165) is 38.5 Å². The van der Waals surface area contributed by atoms with E-state index in [4.69, 9.17) is 8.85 Å². The normalized spacial score (nSPS) is 11.0. The van der Waals surface area contributed by atoms with Gasteiger partial charge in [-0.25, -0.2) is 9.59 Å². The Balaban J connectivity index is 5.29. The minimum Gasteiger partial charge on any atom is -0.481 e. The van der Waals surface area contributed by atoms with Crippen LogP contribution in [0.5, 0.6) is 0 Å². The molecule has 132 valence electrons. The van der Waals surface area contributed by atoms with Crippen LogP contribution in [-0.2, 0) is 18.4 Å². The first-order valence-corrected chi connectivity index (χ1v) is 10.8. The Morgan fingerprint density at radius 3 is 1.39 bits per heavy atom. The Morgan fingerprint density at radius 1 is 0.783 bits per heavy atom. The molecule has 0 spiro atoms. The lowest BCUT2D eigenvalue weighted by molar-refractivity contribution is -0.137. The van der Waals surface area contributed by atoms with E-state index in [0.29, 0.717) is 23.2 Å². The fraction of sp³-hybridized carbons (Fsp3) is 0.667. The fourth-order valence-corrected chi connectivity index (χ4v) is 5.45. The largest absolute Gasteiger partial charge is 0.481 e. The second-order valence-corrected chi connectivity index (χ2v) is 9.39. The van der Waals surface area contributed by atoms with Gasteiger partial charge in [0.2, 0.25) is 0 Å². The maximum absolute atomic E-state index is 12.1. The molecule has 0 rings (SSSR count). The van der Waals surface area contributed by atoms with Crippen molar-refractivity contribution in [2.24, 2.45) is 0 Å². The molecule has 0 saturated carbocycles. The van der Waals surface area contributed by atoms with Crippen molar-refractivity contribution < 1.29 is 18.4 Å². The molecule has 0 aromatic heterocycles. The van der Waals surface area contributed by atoms with Crippen molar-refractivity contribution in [3.63, 3.8) is 0 Å². The van der Waals surface area contributed by atoms with Crippen molar-refractivity contribution in [2.45, 2.75) is 78.3 Å². The zero-order chi connectivity index (χ0) is 17.9. The van der Waals surface area contributed by atoms with E-state index in [1.165, 1.54) is 0 Å². The van der Waals surface area contributed by atoms with E-state index < -0.39 is 20.5 Å². The predicted octanol–water partition coefficient (Wildman–Crippen LogP) is 5.05. The first-order chi connectivity index (χ1) is 10.8. The van der Waals surface area contributed by atoms with Crippen LogP contribution in [0, 0.1) is 0 Å². The molecule has 0 N–H and O–H groups in total. The molecule has 0 aliphatic rings. The number of unbranched alkanes of at least 4 members (excludes halogenated alkanes) is 4. The maximum atomic E-state index is 12.1. The molecular weight excluding hydrogens is 308 g/mol. The van der Waals surface area contributed by atoms with Gasteiger partial charge in [0.25, 0.3) is 0 Å². The molecule has 0 saturated heterocycles. The third-order valence-corrected chi connectivity index (χ3v) is 6.92. The summed E-state index contributed by atoms with van der Waals surface area (Å²) >= 11 is 0. The van der Waals surface area contributed by atoms with Gasteiger partial charge in [-0.1, -0.05) is 52.7 Å². The average Bonchev–Trinajstić information content (AvgIpc) is 2.47. The minimum atomic E-state index is -2.94. The summed E-state index contributed by atoms with van der Waals surface area (Å²) in [6, 6.07) is 1.28. The number of hydrogen-bond donors (Lipinski definition) is 0. The second kappa shape index (κ2) is 11.2. The second-order valence-electron chi connectivity index (χ2n) is 6.16. The molecule has 0 atom stereocenters. The van der Waals surface area contributed by atoms with Gasteiger partial charge in [0.1, 0.15) is 0 Å². The Morgan fingerprint density at radius 2 is 1.13 bits per heavy atom. The first-order valence-electron chi connectivity index (χ1n) is 8.55. The predicted molar refractivity (Wildman–Crippen MR) is 96.2 cm³/mol. The van der Waals surface area contributed by atoms with E-state index in [1.54, 1.807) is 13.8 Å². The van der Waals surface area contributed by atoms with Gasteiger partial charge in [0.15, 0.2) is 0 Å². The van der Waals surface area contributed by atoms with Crippen LogP contribution in [0.2, 0.25) is 12.1 Å². The number of carbonyl (C=O) groups is 2. The summed E-state index contributed by atoms with van der Waals surface area (Å²) in [5, 5.41) is 0. The molecule has 4 nitrogen and oxygen atoms in total. The summed E-state index contributed by atoms with van der Waals surface area (Å²) in [7, 11) is -2.94. The standard InChI is InChI=1S/C18H32O4Si/c1-7-9-11-13-23(14-12-10-8-2,21-17(19)15(3)4)22-18(20)16(5)6/h3,5,7-14H2,1-2,4,6H3. The quantitative estimate of drug-likeness (QED) is 0.283. The lowest BCUT2D eigenvalue weighted by Crippen LogP contribution is -2.46. The molecule has 0 fully saturated rings. The van der Waals surface area contributed by atoms with Crippen molar-refractivity contribution in [1.82, 2.24) is 0 Å². The molecule has 0 radical (unpaired) electrons. The van der Waals surface area contributed by atoms with Crippen molar-refractivity contribution in [3.05, 3.63) is 24.3 Å². The Hall–Kier alpha value is -1.36. The summed E-state index contributed by atoms with van der Waals surface area (Å²) in [5.74, 6) is -0.918. The lowest BCUT2D eigenvalue weighted by atomic mass is 10.3. The van der Waals surface area contributed by atoms with E-state index in [2.05, 4.69) is 27.0 Å². The fourth-order valence-electron chi connectivity index (χ4n) is 2.15. The van der Waals surface area contributed by atoms with Gasteiger partial charge in [-0.3, -0.25) is 0 Å². The number of carbonyl (C=O) groups excluding carboxylic acids is 2. The van der Waals surface area contributed by atoms with Crippen molar-refractivity contribution in [2.75, 3.05) is 0 Å². The molecule has 0 aliphatic heterocycles. The van der Waals surface area contributed by atoms with Crippen LogP contribution in [-0.4, -0.2) is 20.5 Å². The molecular formula is C18H32O4Si. The summed E-state index contributed by atoms with van der Waals surface area (Å²) in [4.78, 5) is 24.1. The highest BCUT2D eigenvalue weighted by atomic mass is 28.4. The zero-order valence-electron chi connectivity index (χ0n) is 15.2. The monoisotopic (exact) mass is 340 g/mol. The highest BCUT2D eigenvalue weighted by Gasteiger charge is 2.44. The van der Waals surface area contributed by atoms with Gasteiger partial charge in [-0.2, -0.15) is 0 Å². The molecule has 0 aliphatic carbocycles. The van der Waals surface area contributed by atoms with Gasteiger partial charge in [0.05, 0.1) is 0 Å². The Bertz CT molecular complexity index is 389. The molecule has 23 heavy (non-hydrogen) atoms. The van der Waals surface area contributed by atoms with E-state index in [1.807, 2.05) is 0 Å². The van der Waals surface area contributed by atoms with Crippen LogP contribution in [0.1, 0.15) is 66.2 Å². The molecule has 0 amide bonds. The molecule has 0 unspecified atom stereocenters. The van der Waals surface area contributed by atoms with Crippen LogP contribution in [0.25, 0.3) is 0 Å². The van der Waals surface area contributed by atoms with E-state index in [9.17, 15) is 9.59 Å². The van der Waals surface area contributed by atoms with Crippen LogP contribution in [0.3, 0.4) is 0 Å². The SMILES string of the molecule is C=C(C)C(=O)O[Si](CCCCC)(CCCCC)OC(=O)C(=C)C. The summed E-state index contributed by atoms with van der Waals surface area (Å²) < 4.78 is 11.5. The maximum Gasteiger partial charge on any atom is 0.464 e. The third-order valence-electron chi connectivity index (χ3n) is 3.58. The molecule has 0 heterocycles. The number of rotatable bonds is 12. The van der Waals surface area contributed by atoms with Gasteiger partial charge < -0.3 is 8.85 Å². The zero-order valence-corrected chi connectivity index (χ0v) is 16.2. The average molecular weight is 341 g/mol. The molecule has 0 bridgehead atoms. The smallest absolute Gasteiger partial charge is 0.464 e. The van der Waals surface area contributed by atoms with Crippen molar-refractivity contribution in [1.29, 1.82) is 0 Å².